The average Bonchev–Trinajstić information content (AvgIpc) is 3.05. The minimum absolute atomic E-state index is 0.0185. The molecule has 2 aromatic rings. The zero-order valence-corrected chi connectivity index (χ0v) is 13.9. The van der Waals surface area contributed by atoms with Gasteiger partial charge in [0.1, 0.15) is 12.4 Å². The van der Waals surface area contributed by atoms with E-state index in [9.17, 15) is 13.2 Å². The SMILES string of the molecule is O=C(Cn1cnc(S(=O)(=O)N2CCCCC2)c1)Nc1ccccn1. The van der Waals surface area contributed by atoms with Gasteiger partial charge in [-0.2, -0.15) is 4.31 Å². The largest absolute Gasteiger partial charge is 0.327 e. The number of nitrogens with zero attached hydrogens (tertiary/aromatic N) is 4. The molecule has 9 heteroatoms. The molecule has 3 heterocycles. The molecule has 1 saturated heterocycles. The zero-order valence-electron chi connectivity index (χ0n) is 13.1. The topological polar surface area (TPSA) is 97.2 Å². The number of pyridine rings is 1. The number of rotatable bonds is 5. The van der Waals surface area contributed by atoms with Gasteiger partial charge in [-0.1, -0.05) is 12.5 Å². The van der Waals surface area contributed by atoms with Crippen molar-refractivity contribution in [1.82, 2.24) is 18.8 Å². The van der Waals surface area contributed by atoms with Crippen LogP contribution in [0.2, 0.25) is 0 Å². The van der Waals surface area contributed by atoms with Crippen LogP contribution >= 0.6 is 0 Å². The highest BCUT2D eigenvalue weighted by Gasteiger charge is 2.28. The Morgan fingerprint density at radius 1 is 1.17 bits per heavy atom. The first-order valence-electron chi connectivity index (χ1n) is 7.78. The van der Waals surface area contributed by atoms with Crippen LogP contribution in [-0.2, 0) is 21.4 Å². The minimum atomic E-state index is -3.58. The molecule has 0 aromatic carbocycles. The van der Waals surface area contributed by atoms with E-state index in [-0.39, 0.29) is 17.5 Å². The van der Waals surface area contributed by atoms with Crippen molar-refractivity contribution in [2.45, 2.75) is 30.8 Å². The molecule has 0 radical (unpaired) electrons. The molecule has 1 amide bonds. The number of nitrogens with one attached hydrogen (secondary N) is 1. The van der Waals surface area contributed by atoms with Crippen molar-refractivity contribution >= 4 is 21.7 Å². The molecule has 0 spiro atoms. The van der Waals surface area contributed by atoms with Gasteiger partial charge in [0, 0.05) is 25.5 Å². The van der Waals surface area contributed by atoms with Gasteiger partial charge in [0.25, 0.3) is 10.0 Å². The number of amides is 1. The predicted molar refractivity (Wildman–Crippen MR) is 87.7 cm³/mol. The van der Waals surface area contributed by atoms with Gasteiger partial charge in [0.15, 0.2) is 5.03 Å². The predicted octanol–water partition coefficient (Wildman–Crippen LogP) is 1.09. The third-order valence-electron chi connectivity index (χ3n) is 3.79. The lowest BCUT2D eigenvalue weighted by atomic mass is 10.2. The zero-order chi connectivity index (χ0) is 17.0. The van der Waals surface area contributed by atoms with Crippen molar-refractivity contribution in [1.29, 1.82) is 0 Å². The molecule has 0 bridgehead atoms. The second-order valence-electron chi connectivity index (χ2n) is 5.61. The number of hydrogen-bond acceptors (Lipinski definition) is 5. The molecule has 2 aromatic heterocycles. The van der Waals surface area contributed by atoms with E-state index < -0.39 is 10.0 Å². The van der Waals surface area contributed by atoms with E-state index in [2.05, 4.69) is 15.3 Å². The van der Waals surface area contributed by atoms with Gasteiger partial charge in [-0.05, 0) is 25.0 Å². The molecule has 0 unspecified atom stereocenters. The number of carbonyl (C=O) groups is 1. The standard InChI is InChI=1S/C15H19N5O3S/c21-14(18-13-6-2-3-7-16-13)10-19-11-15(17-12-19)24(22,23)20-8-4-1-5-9-20/h2-3,6-7,11-12H,1,4-5,8-10H2,(H,16,18,21). The maximum Gasteiger partial charge on any atom is 0.262 e. The second kappa shape index (κ2) is 7.10. The summed E-state index contributed by atoms with van der Waals surface area (Å²) in [5.41, 5.74) is 0. The summed E-state index contributed by atoms with van der Waals surface area (Å²) in [5, 5.41) is 2.62. The summed E-state index contributed by atoms with van der Waals surface area (Å²) in [6.45, 7) is 1.02. The van der Waals surface area contributed by atoms with E-state index in [4.69, 9.17) is 0 Å². The molecule has 0 atom stereocenters. The Morgan fingerprint density at radius 2 is 1.96 bits per heavy atom. The lowest BCUT2D eigenvalue weighted by Crippen LogP contribution is -2.35. The normalized spacial score (nSPS) is 16.0. The van der Waals surface area contributed by atoms with Crippen molar-refractivity contribution in [3.63, 3.8) is 0 Å². The van der Waals surface area contributed by atoms with Crippen LogP contribution in [0.3, 0.4) is 0 Å². The maximum atomic E-state index is 12.5. The molecule has 3 rings (SSSR count). The van der Waals surface area contributed by atoms with E-state index in [0.29, 0.717) is 18.9 Å². The number of carbonyl (C=O) groups excluding carboxylic acids is 1. The monoisotopic (exact) mass is 349 g/mol. The molecule has 1 aliphatic rings. The maximum absolute atomic E-state index is 12.5. The van der Waals surface area contributed by atoms with E-state index in [0.717, 1.165) is 19.3 Å². The first-order valence-corrected chi connectivity index (χ1v) is 9.22. The van der Waals surface area contributed by atoms with Crippen molar-refractivity contribution in [2.75, 3.05) is 18.4 Å². The number of hydrogen-bond donors (Lipinski definition) is 1. The summed E-state index contributed by atoms with van der Waals surface area (Å²) in [7, 11) is -3.58. The van der Waals surface area contributed by atoms with E-state index in [1.54, 1.807) is 24.4 Å². The number of sulfonamides is 1. The van der Waals surface area contributed by atoms with Crippen molar-refractivity contribution in [3.05, 3.63) is 36.9 Å². The summed E-state index contributed by atoms with van der Waals surface area (Å²) >= 11 is 0. The number of aromatic nitrogens is 3. The van der Waals surface area contributed by atoms with Crippen molar-refractivity contribution < 1.29 is 13.2 Å². The first kappa shape index (κ1) is 16.6. The Hall–Kier alpha value is -2.26. The molecule has 1 aliphatic heterocycles. The lowest BCUT2D eigenvalue weighted by Gasteiger charge is -2.24. The fourth-order valence-corrected chi connectivity index (χ4v) is 4.03. The van der Waals surface area contributed by atoms with Gasteiger partial charge in [-0.25, -0.2) is 18.4 Å². The fourth-order valence-electron chi connectivity index (χ4n) is 2.58. The van der Waals surface area contributed by atoms with Crippen LogP contribution in [0.1, 0.15) is 19.3 Å². The number of anilines is 1. The van der Waals surface area contributed by atoms with Gasteiger partial charge in [0.2, 0.25) is 5.91 Å². The van der Waals surface area contributed by atoms with E-state index >= 15 is 0 Å². The van der Waals surface area contributed by atoms with Gasteiger partial charge >= 0.3 is 0 Å². The molecular weight excluding hydrogens is 330 g/mol. The summed E-state index contributed by atoms with van der Waals surface area (Å²) in [6, 6.07) is 5.20. The van der Waals surface area contributed by atoms with Crippen LogP contribution in [0.25, 0.3) is 0 Å². The molecule has 8 nitrogen and oxygen atoms in total. The highest BCUT2D eigenvalue weighted by atomic mass is 32.2. The molecule has 0 aliphatic carbocycles. The molecule has 24 heavy (non-hydrogen) atoms. The highest BCUT2D eigenvalue weighted by molar-refractivity contribution is 7.89. The van der Waals surface area contributed by atoms with Crippen LogP contribution in [-0.4, -0.2) is 46.3 Å². The lowest BCUT2D eigenvalue weighted by molar-refractivity contribution is -0.116. The smallest absolute Gasteiger partial charge is 0.262 e. The fraction of sp³-hybridized carbons (Fsp3) is 0.400. The number of piperidine rings is 1. The van der Waals surface area contributed by atoms with Crippen LogP contribution < -0.4 is 5.32 Å². The third kappa shape index (κ3) is 3.80. The molecule has 0 saturated carbocycles. The molecule has 1 N–H and O–H groups in total. The third-order valence-corrected chi connectivity index (χ3v) is 5.57. The molecular formula is C15H19N5O3S. The van der Waals surface area contributed by atoms with Crippen LogP contribution in [0.5, 0.6) is 0 Å². The highest BCUT2D eigenvalue weighted by Crippen LogP contribution is 2.19. The Labute approximate surface area is 140 Å². The summed E-state index contributed by atoms with van der Waals surface area (Å²) < 4.78 is 27.9. The summed E-state index contributed by atoms with van der Waals surface area (Å²) in [4.78, 5) is 20.0. The van der Waals surface area contributed by atoms with Gasteiger partial charge in [-0.3, -0.25) is 4.79 Å². The van der Waals surface area contributed by atoms with Gasteiger partial charge < -0.3 is 9.88 Å². The summed E-state index contributed by atoms with van der Waals surface area (Å²) in [6.07, 6.45) is 7.11. The van der Waals surface area contributed by atoms with E-state index in [1.165, 1.54) is 21.4 Å². The Kier molecular flexibility index (Phi) is 4.91. The second-order valence-corrected chi connectivity index (χ2v) is 7.50. The number of imidazole rings is 1. The van der Waals surface area contributed by atoms with Gasteiger partial charge in [-0.15, -0.1) is 0 Å². The minimum Gasteiger partial charge on any atom is -0.327 e. The van der Waals surface area contributed by atoms with Gasteiger partial charge in [0.05, 0.1) is 6.33 Å². The molecule has 1 fully saturated rings. The average molecular weight is 349 g/mol. The Balaban J connectivity index is 1.65. The van der Waals surface area contributed by atoms with Crippen LogP contribution in [0.15, 0.2) is 41.9 Å². The van der Waals surface area contributed by atoms with Crippen molar-refractivity contribution in [2.24, 2.45) is 0 Å². The van der Waals surface area contributed by atoms with Crippen molar-refractivity contribution in [3.8, 4) is 0 Å². The van der Waals surface area contributed by atoms with Crippen LogP contribution in [0, 0.1) is 0 Å². The summed E-state index contributed by atoms with van der Waals surface area (Å²) in [5.74, 6) is 0.150. The Bertz CT molecular complexity index is 798. The molecule has 128 valence electrons. The van der Waals surface area contributed by atoms with E-state index in [1.807, 2.05) is 0 Å². The Morgan fingerprint density at radius 3 is 2.67 bits per heavy atom. The quantitative estimate of drug-likeness (QED) is 0.871. The van der Waals surface area contributed by atoms with Crippen LogP contribution in [0.4, 0.5) is 5.82 Å². The first-order chi connectivity index (χ1) is 11.6.